The Hall–Kier alpha value is 0. The summed E-state index contributed by atoms with van der Waals surface area (Å²) >= 11 is 0. The highest BCUT2D eigenvalue weighted by Crippen LogP contribution is 2.29. The highest BCUT2D eigenvalue weighted by molar-refractivity contribution is 4.84. The number of unbranched alkanes of at least 4 members (excludes halogenated alkanes) is 12. The van der Waals surface area contributed by atoms with Crippen LogP contribution in [-0.2, 0) is 0 Å². The van der Waals surface area contributed by atoms with E-state index in [0.717, 1.165) is 0 Å². The van der Waals surface area contributed by atoms with Gasteiger partial charge in [-0.2, -0.15) is 0 Å². The second kappa shape index (κ2) is 14.9. The highest BCUT2D eigenvalue weighted by Gasteiger charge is 2.16. The largest absolute Gasteiger partial charge is 0.0654 e. The molecule has 0 rings (SSSR count). The van der Waals surface area contributed by atoms with Gasteiger partial charge in [-0.15, -0.1) is 0 Å². The van der Waals surface area contributed by atoms with E-state index in [1.165, 1.54) is 96.3 Å². The predicted octanol–water partition coefficient (Wildman–Crippen LogP) is 8.11. The number of hydrogen-bond donors (Lipinski definition) is 0. The van der Waals surface area contributed by atoms with E-state index in [0.29, 0.717) is 5.41 Å². The van der Waals surface area contributed by atoms with Crippen LogP contribution in [-0.4, -0.2) is 0 Å². The van der Waals surface area contributed by atoms with Crippen LogP contribution in [0.5, 0.6) is 0 Å². The van der Waals surface area contributed by atoms with E-state index in [-0.39, 0.29) is 0 Å². The van der Waals surface area contributed by atoms with Gasteiger partial charge in [-0.3, -0.25) is 0 Å². The maximum Gasteiger partial charge on any atom is -0.0323 e. The number of rotatable bonds is 16. The van der Waals surface area contributed by atoms with Gasteiger partial charge in [0.2, 0.25) is 0 Å². The molecule has 0 amide bonds. The second-order valence-corrected chi connectivity index (χ2v) is 7.62. The molecule has 0 spiro atoms. The maximum absolute atomic E-state index is 2.60. The monoisotopic (exact) mass is 295 g/mol. The van der Waals surface area contributed by atoms with E-state index in [4.69, 9.17) is 0 Å². The van der Waals surface area contributed by atoms with Crippen molar-refractivity contribution < 1.29 is 0 Å². The quantitative estimate of drug-likeness (QED) is 0.252. The molecule has 0 aliphatic heterocycles. The first-order valence-electron chi connectivity index (χ1n) is 9.96. The zero-order valence-corrected chi connectivity index (χ0v) is 15.7. The molecule has 0 fully saturated rings. The van der Waals surface area contributed by atoms with Crippen molar-refractivity contribution in [3.05, 3.63) is 6.42 Å². The molecule has 0 aliphatic carbocycles. The van der Waals surface area contributed by atoms with Gasteiger partial charge in [0.25, 0.3) is 0 Å². The molecule has 0 saturated heterocycles. The van der Waals surface area contributed by atoms with Gasteiger partial charge in [-0.05, 0) is 24.7 Å². The fourth-order valence-electron chi connectivity index (χ4n) is 3.06. The summed E-state index contributed by atoms with van der Waals surface area (Å²) in [7, 11) is 0. The lowest BCUT2D eigenvalue weighted by Gasteiger charge is -2.24. The Bertz CT molecular complexity index is 192. The van der Waals surface area contributed by atoms with Crippen LogP contribution in [0.3, 0.4) is 0 Å². The molecule has 0 aromatic rings. The van der Waals surface area contributed by atoms with Crippen molar-refractivity contribution in [3.8, 4) is 0 Å². The minimum Gasteiger partial charge on any atom is -0.0654 e. The molecular weight excluding hydrogens is 252 g/mol. The maximum atomic E-state index is 2.60. The first-order chi connectivity index (χ1) is 10.1. The van der Waals surface area contributed by atoms with Crippen molar-refractivity contribution in [1.29, 1.82) is 0 Å². The van der Waals surface area contributed by atoms with Crippen LogP contribution in [0.1, 0.15) is 124 Å². The Kier molecular flexibility index (Phi) is 14.9. The summed E-state index contributed by atoms with van der Waals surface area (Å²) in [5.74, 6) is 0. The zero-order valence-electron chi connectivity index (χ0n) is 15.7. The zero-order chi connectivity index (χ0) is 15.8. The van der Waals surface area contributed by atoms with Gasteiger partial charge in [0.15, 0.2) is 0 Å². The molecule has 0 saturated carbocycles. The van der Waals surface area contributed by atoms with E-state index < -0.39 is 0 Å². The van der Waals surface area contributed by atoms with E-state index in [9.17, 15) is 0 Å². The molecule has 0 aliphatic rings. The molecule has 0 N–H and O–H groups in total. The first-order valence-corrected chi connectivity index (χ1v) is 9.96. The van der Waals surface area contributed by atoms with E-state index >= 15 is 0 Å². The first kappa shape index (κ1) is 21.0. The smallest absolute Gasteiger partial charge is 0.0323 e. The minimum absolute atomic E-state index is 0.465. The summed E-state index contributed by atoms with van der Waals surface area (Å²) in [6, 6.07) is 0. The van der Waals surface area contributed by atoms with Crippen LogP contribution >= 0.6 is 0 Å². The molecule has 0 heterocycles. The van der Waals surface area contributed by atoms with Gasteiger partial charge in [0, 0.05) is 0 Å². The van der Waals surface area contributed by atoms with Crippen molar-refractivity contribution in [3.63, 3.8) is 0 Å². The summed E-state index contributed by atoms with van der Waals surface area (Å²) in [6.45, 7) is 9.45. The van der Waals surface area contributed by atoms with Crippen molar-refractivity contribution in [2.24, 2.45) is 5.41 Å². The van der Waals surface area contributed by atoms with Crippen molar-refractivity contribution in [1.82, 2.24) is 0 Å². The van der Waals surface area contributed by atoms with Crippen LogP contribution in [0.15, 0.2) is 0 Å². The molecule has 0 aromatic heterocycles. The Morgan fingerprint density at radius 2 is 1.00 bits per heavy atom. The molecule has 0 aromatic carbocycles. The number of hydrogen-bond acceptors (Lipinski definition) is 0. The lowest BCUT2D eigenvalue weighted by molar-refractivity contribution is 0.361. The third-order valence-electron chi connectivity index (χ3n) is 4.68. The topological polar surface area (TPSA) is 0 Å². The van der Waals surface area contributed by atoms with Gasteiger partial charge >= 0.3 is 0 Å². The Labute approximate surface area is 136 Å². The fraction of sp³-hybridized carbons (Fsp3) is 0.952. The van der Waals surface area contributed by atoms with Gasteiger partial charge in [0.1, 0.15) is 0 Å². The Morgan fingerprint density at radius 3 is 1.52 bits per heavy atom. The van der Waals surface area contributed by atoms with Gasteiger partial charge in [0.05, 0.1) is 0 Å². The molecule has 0 atom stereocenters. The molecule has 0 bridgehead atoms. The minimum atomic E-state index is 0.465. The molecular formula is C21H43. The standard InChI is InChI=1S/C21H43/c1-5-7-9-11-13-14-16-18-20-21(3,4)19-17-15-12-10-8-6-2/h20H,5-19H2,1-4H3. The van der Waals surface area contributed by atoms with Crippen molar-refractivity contribution in [2.45, 2.75) is 124 Å². The average molecular weight is 296 g/mol. The summed E-state index contributed by atoms with van der Waals surface area (Å²) in [6.07, 6.45) is 23.8. The third kappa shape index (κ3) is 16.2. The van der Waals surface area contributed by atoms with Crippen LogP contribution < -0.4 is 0 Å². The van der Waals surface area contributed by atoms with Crippen LogP contribution in [0.2, 0.25) is 0 Å². The van der Waals surface area contributed by atoms with E-state index in [1.54, 1.807) is 0 Å². The molecule has 0 nitrogen and oxygen atoms in total. The van der Waals surface area contributed by atoms with Crippen molar-refractivity contribution >= 4 is 0 Å². The molecule has 21 heavy (non-hydrogen) atoms. The van der Waals surface area contributed by atoms with E-state index in [2.05, 4.69) is 34.1 Å². The van der Waals surface area contributed by atoms with Crippen LogP contribution in [0, 0.1) is 11.8 Å². The third-order valence-corrected chi connectivity index (χ3v) is 4.68. The lowest BCUT2D eigenvalue weighted by atomic mass is 9.82. The Balaban J connectivity index is 3.34. The Morgan fingerprint density at radius 1 is 0.571 bits per heavy atom. The predicted molar refractivity (Wildman–Crippen MR) is 98.7 cm³/mol. The fourth-order valence-corrected chi connectivity index (χ4v) is 3.06. The van der Waals surface area contributed by atoms with Gasteiger partial charge in [-0.25, -0.2) is 0 Å². The second-order valence-electron chi connectivity index (χ2n) is 7.62. The SMILES string of the molecule is CCCCCCCCC[CH]C(C)(C)CCCCCCCC. The summed E-state index contributed by atoms with van der Waals surface area (Å²) in [5.41, 5.74) is 0.465. The molecule has 0 heteroatoms. The van der Waals surface area contributed by atoms with Gasteiger partial charge in [-0.1, -0.05) is 111 Å². The molecule has 127 valence electrons. The highest BCUT2D eigenvalue weighted by atomic mass is 14.2. The lowest BCUT2D eigenvalue weighted by Crippen LogP contribution is -2.11. The molecule has 0 unspecified atom stereocenters. The van der Waals surface area contributed by atoms with E-state index in [1.807, 2.05) is 0 Å². The van der Waals surface area contributed by atoms with Crippen molar-refractivity contribution in [2.75, 3.05) is 0 Å². The molecule has 1 radical (unpaired) electrons. The summed E-state index contributed by atoms with van der Waals surface area (Å²) in [4.78, 5) is 0. The summed E-state index contributed by atoms with van der Waals surface area (Å²) in [5, 5.41) is 0. The van der Waals surface area contributed by atoms with Crippen LogP contribution in [0.25, 0.3) is 0 Å². The van der Waals surface area contributed by atoms with Gasteiger partial charge < -0.3 is 0 Å². The van der Waals surface area contributed by atoms with Crippen LogP contribution in [0.4, 0.5) is 0 Å². The average Bonchev–Trinajstić information content (AvgIpc) is 2.45. The summed E-state index contributed by atoms with van der Waals surface area (Å²) < 4.78 is 0. The normalized spacial score (nSPS) is 12.0.